The van der Waals surface area contributed by atoms with E-state index in [1.807, 2.05) is 36.4 Å². The zero-order valence-electron chi connectivity index (χ0n) is 17.4. The van der Waals surface area contributed by atoms with E-state index in [2.05, 4.69) is 15.1 Å². The minimum Gasteiger partial charge on any atom is -0.384 e. The van der Waals surface area contributed by atoms with E-state index in [4.69, 9.17) is 4.74 Å². The molecule has 2 saturated heterocycles. The number of nitrogens with zero attached hydrogens (tertiary/aromatic N) is 2. The second kappa shape index (κ2) is 10.8. The predicted octanol–water partition coefficient (Wildman–Crippen LogP) is 3.76. The summed E-state index contributed by atoms with van der Waals surface area (Å²) >= 11 is 0. The van der Waals surface area contributed by atoms with Crippen molar-refractivity contribution in [1.82, 2.24) is 15.1 Å². The molecule has 156 valence electrons. The minimum absolute atomic E-state index is 0.218. The lowest BCUT2D eigenvalue weighted by atomic mass is 9.79. The second-order valence-corrected chi connectivity index (χ2v) is 8.56. The van der Waals surface area contributed by atoms with Crippen LogP contribution in [-0.4, -0.2) is 68.3 Å². The quantitative estimate of drug-likeness (QED) is 0.837. The van der Waals surface area contributed by atoms with Crippen LogP contribution in [0.3, 0.4) is 0 Å². The summed E-state index contributed by atoms with van der Waals surface area (Å²) in [5.74, 6) is 0. The number of rotatable bonds is 5. The van der Waals surface area contributed by atoms with Crippen molar-refractivity contribution >= 4 is 6.03 Å². The molecule has 5 heteroatoms. The van der Waals surface area contributed by atoms with Gasteiger partial charge >= 0.3 is 6.03 Å². The van der Waals surface area contributed by atoms with E-state index in [0.717, 1.165) is 58.2 Å². The molecule has 0 aromatic heterocycles. The van der Waals surface area contributed by atoms with Crippen LogP contribution in [0, 0.1) is 5.41 Å². The molecule has 1 N–H and O–H groups in total. The molecule has 1 aromatic carbocycles. The fourth-order valence-corrected chi connectivity index (χ4v) is 4.17. The van der Waals surface area contributed by atoms with E-state index in [1.54, 1.807) is 7.11 Å². The number of hydrogen-bond acceptors (Lipinski definition) is 3. The monoisotopic (exact) mass is 387 g/mol. The number of likely N-dealkylation sites (tertiary alicyclic amines) is 2. The molecule has 3 aliphatic rings. The first-order chi connectivity index (χ1) is 13.7. The number of urea groups is 1. The lowest BCUT2D eigenvalue weighted by Gasteiger charge is -2.43. The van der Waals surface area contributed by atoms with Gasteiger partial charge in [0.2, 0.25) is 0 Å². The number of piperidine rings is 2. The molecule has 0 radical (unpaired) electrons. The van der Waals surface area contributed by atoms with E-state index >= 15 is 0 Å². The summed E-state index contributed by atoms with van der Waals surface area (Å²) in [6.07, 6.45) is 8.36. The molecule has 0 spiro atoms. The third kappa shape index (κ3) is 6.49. The highest BCUT2D eigenvalue weighted by atomic mass is 16.5. The normalized spacial score (nSPS) is 21.6. The maximum Gasteiger partial charge on any atom is 0.319 e. The fraction of sp³-hybridized carbons (Fsp3) is 0.696. The van der Waals surface area contributed by atoms with Crippen molar-refractivity contribution in [3.05, 3.63) is 36.4 Å². The first kappa shape index (κ1) is 21.1. The minimum atomic E-state index is 0.218. The molecule has 2 amide bonds. The molecule has 5 nitrogen and oxygen atoms in total. The maximum atomic E-state index is 12.6. The second-order valence-electron chi connectivity index (χ2n) is 8.56. The Morgan fingerprint density at radius 1 is 0.929 bits per heavy atom. The molecule has 0 unspecified atom stereocenters. The Hall–Kier alpha value is -1.59. The third-order valence-corrected chi connectivity index (χ3v) is 6.18. The van der Waals surface area contributed by atoms with Gasteiger partial charge in [-0.2, -0.15) is 0 Å². The zero-order valence-corrected chi connectivity index (χ0v) is 17.4. The molecular formula is C23H37N3O2. The number of nitrogens with one attached hydrogen (secondary N) is 1. The van der Waals surface area contributed by atoms with Crippen LogP contribution in [0.4, 0.5) is 4.79 Å². The molecule has 1 aromatic rings. The van der Waals surface area contributed by atoms with Gasteiger partial charge in [0.05, 0.1) is 6.61 Å². The lowest BCUT2D eigenvalue weighted by molar-refractivity contribution is 0.0250. The van der Waals surface area contributed by atoms with Gasteiger partial charge in [0.1, 0.15) is 0 Å². The van der Waals surface area contributed by atoms with Gasteiger partial charge in [0, 0.05) is 51.3 Å². The molecule has 3 fully saturated rings. The smallest absolute Gasteiger partial charge is 0.319 e. The Morgan fingerprint density at radius 3 is 1.96 bits per heavy atom. The van der Waals surface area contributed by atoms with Crippen molar-refractivity contribution in [1.29, 1.82) is 0 Å². The molecule has 0 atom stereocenters. The van der Waals surface area contributed by atoms with Crippen LogP contribution in [0.5, 0.6) is 0 Å². The molecule has 1 aliphatic carbocycles. The van der Waals surface area contributed by atoms with Gasteiger partial charge in [-0.3, -0.25) is 0 Å². The maximum absolute atomic E-state index is 12.6. The third-order valence-electron chi connectivity index (χ3n) is 6.18. The molecule has 2 aliphatic heterocycles. The fourth-order valence-electron chi connectivity index (χ4n) is 4.17. The number of ether oxygens (including phenoxy) is 1. The molecule has 1 saturated carbocycles. The highest BCUT2D eigenvalue weighted by Gasteiger charge is 2.38. The summed E-state index contributed by atoms with van der Waals surface area (Å²) in [5, 5.41) is 3.67. The van der Waals surface area contributed by atoms with Crippen LogP contribution in [0.15, 0.2) is 36.4 Å². The van der Waals surface area contributed by atoms with Crippen LogP contribution in [0.1, 0.15) is 44.9 Å². The van der Waals surface area contributed by atoms with Crippen molar-refractivity contribution in [3.63, 3.8) is 0 Å². The Labute approximate surface area is 170 Å². The Balaban J connectivity index is 0.000000320. The van der Waals surface area contributed by atoms with E-state index < -0.39 is 0 Å². The highest BCUT2D eigenvalue weighted by molar-refractivity contribution is 5.74. The van der Waals surface area contributed by atoms with Crippen molar-refractivity contribution in [2.24, 2.45) is 5.41 Å². The lowest BCUT2D eigenvalue weighted by Crippen LogP contribution is -2.53. The number of carbonyl (C=O) groups is 1. The largest absolute Gasteiger partial charge is 0.384 e. The summed E-state index contributed by atoms with van der Waals surface area (Å²) in [4.78, 5) is 16.7. The average molecular weight is 388 g/mol. The number of hydrogen-bond donors (Lipinski definition) is 1. The van der Waals surface area contributed by atoms with E-state index in [-0.39, 0.29) is 11.4 Å². The van der Waals surface area contributed by atoms with Gasteiger partial charge in [-0.05, 0) is 44.9 Å². The van der Waals surface area contributed by atoms with Crippen molar-refractivity contribution in [2.75, 3.05) is 46.4 Å². The molecule has 2 heterocycles. The van der Waals surface area contributed by atoms with Crippen molar-refractivity contribution < 1.29 is 9.53 Å². The highest BCUT2D eigenvalue weighted by Crippen LogP contribution is 2.33. The van der Waals surface area contributed by atoms with Gasteiger partial charge in [-0.25, -0.2) is 4.79 Å². The first-order valence-corrected chi connectivity index (χ1v) is 11.0. The van der Waals surface area contributed by atoms with Gasteiger partial charge in [-0.1, -0.05) is 36.4 Å². The van der Waals surface area contributed by atoms with Crippen LogP contribution < -0.4 is 5.32 Å². The first-order valence-electron chi connectivity index (χ1n) is 11.0. The van der Waals surface area contributed by atoms with Gasteiger partial charge < -0.3 is 19.9 Å². The van der Waals surface area contributed by atoms with Crippen molar-refractivity contribution in [3.8, 4) is 0 Å². The van der Waals surface area contributed by atoms with Crippen LogP contribution >= 0.6 is 0 Å². The van der Waals surface area contributed by atoms with E-state index in [0.29, 0.717) is 0 Å². The number of methoxy groups -OCH3 is 1. The summed E-state index contributed by atoms with van der Waals surface area (Å²) in [5.41, 5.74) is 0.218. The number of benzene rings is 1. The summed E-state index contributed by atoms with van der Waals surface area (Å²) in [6.45, 7) is 5.50. The zero-order chi connectivity index (χ0) is 19.7. The molecule has 28 heavy (non-hydrogen) atoms. The van der Waals surface area contributed by atoms with Crippen LogP contribution in [0.25, 0.3) is 0 Å². The standard InChI is InChI=1S/C17H31N3O2.C6H6/c1-22-14-17(13-18-15-5-6-15)7-11-20(12-8-17)16(21)19-9-3-2-4-10-19;1-2-4-6-5-3-1/h15,18H,2-14H2,1H3;1-6H. The van der Waals surface area contributed by atoms with Gasteiger partial charge in [0.25, 0.3) is 0 Å². The predicted molar refractivity (Wildman–Crippen MR) is 113 cm³/mol. The van der Waals surface area contributed by atoms with Gasteiger partial charge in [-0.15, -0.1) is 0 Å². The van der Waals surface area contributed by atoms with Crippen LogP contribution in [-0.2, 0) is 4.74 Å². The summed E-state index contributed by atoms with van der Waals surface area (Å²) in [7, 11) is 1.80. The summed E-state index contributed by atoms with van der Waals surface area (Å²) < 4.78 is 5.50. The van der Waals surface area contributed by atoms with E-state index in [9.17, 15) is 4.79 Å². The number of amides is 2. The van der Waals surface area contributed by atoms with E-state index in [1.165, 1.54) is 32.1 Å². The van der Waals surface area contributed by atoms with Gasteiger partial charge in [0.15, 0.2) is 0 Å². The summed E-state index contributed by atoms with van der Waals surface area (Å²) in [6, 6.07) is 13.0. The average Bonchev–Trinajstić information content (AvgIpc) is 3.60. The van der Waals surface area contributed by atoms with Crippen molar-refractivity contribution in [2.45, 2.75) is 51.0 Å². The molecule has 4 rings (SSSR count). The number of carbonyl (C=O) groups excluding carboxylic acids is 1. The molecule has 0 bridgehead atoms. The van der Waals surface area contributed by atoms with Crippen LogP contribution in [0.2, 0.25) is 0 Å². The Morgan fingerprint density at radius 2 is 1.46 bits per heavy atom. The topological polar surface area (TPSA) is 44.8 Å². The SMILES string of the molecule is COCC1(CNC2CC2)CCN(C(=O)N2CCCCC2)CC1.c1ccccc1. The Bertz CT molecular complexity index is 536. The Kier molecular flexibility index (Phi) is 8.16. The molecular weight excluding hydrogens is 350 g/mol.